The van der Waals surface area contributed by atoms with Crippen LogP contribution in [0.3, 0.4) is 0 Å². The Morgan fingerprint density at radius 2 is 2.04 bits per heavy atom. The second-order valence-corrected chi connectivity index (χ2v) is 8.98. The van der Waals surface area contributed by atoms with Gasteiger partial charge in [0.25, 0.3) is 0 Å². The predicted octanol–water partition coefficient (Wildman–Crippen LogP) is 0.157. The van der Waals surface area contributed by atoms with Gasteiger partial charge in [0.05, 0.1) is 16.8 Å². The largest absolute Gasteiger partial charge is 0.383 e. The molecule has 2 atom stereocenters. The summed E-state index contributed by atoms with van der Waals surface area (Å²) in [6, 6.07) is 1.19. The molecule has 2 heterocycles. The van der Waals surface area contributed by atoms with Crippen LogP contribution in [0.4, 0.5) is 11.6 Å². The summed E-state index contributed by atoms with van der Waals surface area (Å²) in [5.41, 5.74) is 11.2. The highest BCUT2D eigenvalue weighted by atomic mass is 32.2. The molecule has 1 aliphatic rings. The molecule has 2 rings (SSSR count). The van der Waals surface area contributed by atoms with Crippen molar-refractivity contribution in [2.75, 3.05) is 29.5 Å². The molecule has 1 aromatic rings. The normalized spacial score (nSPS) is 21.0. The number of hydrogen-bond acceptors (Lipinski definition) is 8. The van der Waals surface area contributed by atoms with Crippen LogP contribution in [0.2, 0.25) is 0 Å². The fourth-order valence-corrected chi connectivity index (χ4v) is 5.17. The Labute approximate surface area is 139 Å². The Balaban J connectivity index is 2.08. The molecule has 0 aliphatic carbocycles. The summed E-state index contributed by atoms with van der Waals surface area (Å²) in [6.45, 7) is 4.04. The number of carbonyl (C=O) groups excluding carboxylic acids is 1. The highest BCUT2D eigenvalue weighted by Gasteiger charge is 2.35. The summed E-state index contributed by atoms with van der Waals surface area (Å²) in [5.74, 6) is 0.524. The number of nitrogens with two attached hydrogens (primary N) is 2. The zero-order valence-electron chi connectivity index (χ0n) is 13.1. The molecule has 0 saturated carbocycles. The number of thioether (sulfide) groups is 1. The van der Waals surface area contributed by atoms with Gasteiger partial charge in [-0.2, -0.15) is 0 Å². The van der Waals surface area contributed by atoms with Crippen LogP contribution < -0.4 is 11.5 Å². The van der Waals surface area contributed by atoms with E-state index in [1.54, 1.807) is 11.8 Å². The molecule has 0 aromatic carbocycles. The van der Waals surface area contributed by atoms with Crippen LogP contribution in [0.25, 0.3) is 0 Å². The molecule has 2 unspecified atom stereocenters. The first-order valence-electron chi connectivity index (χ1n) is 7.29. The van der Waals surface area contributed by atoms with E-state index < -0.39 is 15.1 Å². The lowest BCUT2D eigenvalue weighted by Crippen LogP contribution is -2.44. The molecule has 4 N–H and O–H groups in total. The molecular weight excluding hydrogens is 338 g/mol. The summed E-state index contributed by atoms with van der Waals surface area (Å²) in [7, 11) is -3.04. The van der Waals surface area contributed by atoms with E-state index in [0.717, 1.165) is 11.8 Å². The molecular formula is C13H21N5O3S2. The molecule has 1 aliphatic heterocycles. The molecule has 0 spiro atoms. The number of hydrogen-bond donors (Lipinski definition) is 2. The smallest absolute Gasteiger partial charge is 0.236 e. The highest BCUT2D eigenvalue weighted by molar-refractivity contribution is 8.00. The summed E-state index contributed by atoms with van der Waals surface area (Å²) in [4.78, 5) is 22.4. The van der Waals surface area contributed by atoms with Crippen molar-refractivity contribution >= 4 is 39.1 Å². The fraction of sp³-hybridized carbons (Fsp3) is 0.615. The van der Waals surface area contributed by atoms with Crippen LogP contribution in [0, 0.1) is 0 Å². The Bertz CT molecular complexity index is 675. The van der Waals surface area contributed by atoms with Gasteiger partial charge in [0.15, 0.2) is 15.0 Å². The van der Waals surface area contributed by atoms with E-state index in [1.165, 1.54) is 6.07 Å². The van der Waals surface area contributed by atoms with Crippen molar-refractivity contribution in [3.05, 3.63) is 6.07 Å². The molecule has 1 amide bonds. The van der Waals surface area contributed by atoms with Crippen LogP contribution in [-0.2, 0) is 14.6 Å². The summed E-state index contributed by atoms with van der Waals surface area (Å²) >= 11 is 1.16. The predicted molar refractivity (Wildman–Crippen MR) is 90.6 cm³/mol. The zero-order valence-corrected chi connectivity index (χ0v) is 14.7. The first-order valence-corrected chi connectivity index (χ1v) is 9.99. The number of sulfone groups is 1. The van der Waals surface area contributed by atoms with E-state index in [-0.39, 0.29) is 35.1 Å². The van der Waals surface area contributed by atoms with E-state index in [2.05, 4.69) is 9.97 Å². The van der Waals surface area contributed by atoms with Gasteiger partial charge < -0.3 is 16.4 Å². The van der Waals surface area contributed by atoms with Crippen LogP contribution in [-0.4, -0.2) is 58.5 Å². The van der Waals surface area contributed by atoms with E-state index >= 15 is 0 Å². The molecule has 0 bridgehead atoms. The summed E-state index contributed by atoms with van der Waals surface area (Å²) < 4.78 is 23.3. The maximum Gasteiger partial charge on any atom is 0.236 e. The van der Waals surface area contributed by atoms with Gasteiger partial charge in [0.2, 0.25) is 5.91 Å². The monoisotopic (exact) mass is 359 g/mol. The van der Waals surface area contributed by atoms with Crippen LogP contribution in [0.5, 0.6) is 0 Å². The fourth-order valence-electron chi connectivity index (χ4n) is 2.57. The second-order valence-electron chi connectivity index (χ2n) is 5.44. The zero-order chi connectivity index (χ0) is 17.2. The number of nitrogen functional groups attached to an aromatic ring is 2. The minimum Gasteiger partial charge on any atom is -0.383 e. The topological polar surface area (TPSA) is 132 Å². The van der Waals surface area contributed by atoms with Gasteiger partial charge in [-0.1, -0.05) is 11.8 Å². The lowest BCUT2D eigenvalue weighted by molar-refractivity contribution is -0.131. The number of anilines is 2. The third-order valence-corrected chi connectivity index (χ3v) is 6.35. The van der Waals surface area contributed by atoms with Crippen LogP contribution in [0.1, 0.15) is 20.3 Å². The van der Waals surface area contributed by atoms with E-state index in [0.29, 0.717) is 18.1 Å². The summed E-state index contributed by atoms with van der Waals surface area (Å²) in [5, 5.41) is -0.127. The van der Waals surface area contributed by atoms with Crippen molar-refractivity contribution in [1.82, 2.24) is 14.9 Å². The molecule has 23 heavy (non-hydrogen) atoms. The lowest BCUT2D eigenvalue weighted by atomic mass is 10.2. The summed E-state index contributed by atoms with van der Waals surface area (Å²) in [6.07, 6.45) is 0.487. The average Bonchev–Trinajstić information content (AvgIpc) is 2.78. The third kappa shape index (κ3) is 4.47. The quantitative estimate of drug-likeness (QED) is 0.561. The van der Waals surface area contributed by atoms with Gasteiger partial charge in [-0.05, 0) is 20.3 Å². The third-order valence-electron chi connectivity index (χ3n) is 3.65. The SMILES string of the molecule is CCN(C(=O)C(C)Sc1nc(N)cc(N)n1)C1CCS(=O)(=O)C1. The van der Waals surface area contributed by atoms with Crippen LogP contribution >= 0.6 is 11.8 Å². The standard InChI is InChI=1S/C13H21N5O3S2/c1-3-18(9-4-5-23(20,21)7-9)12(19)8(2)22-13-16-10(14)6-11(15)17-13/h6,8-9H,3-5,7H2,1-2H3,(H4,14,15,16,17). The highest BCUT2D eigenvalue weighted by Crippen LogP contribution is 2.25. The molecule has 1 aromatic heterocycles. The molecule has 8 nitrogen and oxygen atoms in total. The Hall–Kier alpha value is -1.55. The van der Waals surface area contributed by atoms with Crippen molar-refractivity contribution in [3.8, 4) is 0 Å². The minimum absolute atomic E-state index is 0.0334. The molecule has 10 heteroatoms. The van der Waals surface area contributed by atoms with Gasteiger partial charge in [-0.15, -0.1) is 0 Å². The van der Waals surface area contributed by atoms with Crippen molar-refractivity contribution in [1.29, 1.82) is 0 Å². The maximum atomic E-state index is 12.6. The molecule has 1 fully saturated rings. The van der Waals surface area contributed by atoms with Crippen molar-refractivity contribution in [2.45, 2.75) is 36.7 Å². The van der Waals surface area contributed by atoms with E-state index in [1.807, 2.05) is 6.92 Å². The van der Waals surface area contributed by atoms with E-state index in [9.17, 15) is 13.2 Å². The van der Waals surface area contributed by atoms with Gasteiger partial charge >= 0.3 is 0 Å². The maximum absolute atomic E-state index is 12.6. The number of rotatable bonds is 5. The molecule has 1 saturated heterocycles. The van der Waals surface area contributed by atoms with Crippen molar-refractivity contribution in [3.63, 3.8) is 0 Å². The molecule has 128 valence electrons. The number of aromatic nitrogens is 2. The van der Waals surface area contributed by atoms with Crippen molar-refractivity contribution < 1.29 is 13.2 Å². The van der Waals surface area contributed by atoms with Crippen LogP contribution in [0.15, 0.2) is 11.2 Å². The molecule has 0 radical (unpaired) electrons. The number of amides is 1. The Morgan fingerprint density at radius 1 is 1.43 bits per heavy atom. The average molecular weight is 359 g/mol. The van der Waals surface area contributed by atoms with E-state index in [4.69, 9.17) is 11.5 Å². The minimum atomic E-state index is -3.04. The first-order chi connectivity index (χ1) is 10.7. The Kier molecular flexibility index (Phi) is 5.35. The van der Waals surface area contributed by atoms with Gasteiger partial charge in [-0.25, -0.2) is 18.4 Å². The first kappa shape index (κ1) is 17.8. The van der Waals surface area contributed by atoms with Crippen molar-refractivity contribution in [2.24, 2.45) is 0 Å². The second kappa shape index (κ2) is 6.91. The lowest BCUT2D eigenvalue weighted by Gasteiger charge is -2.29. The number of nitrogens with zero attached hydrogens (tertiary/aromatic N) is 3. The van der Waals surface area contributed by atoms with Gasteiger partial charge in [0, 0.05) is 18.7 Å². The Morgan fingerprint density at radius 3 is 2.52 bits per heavy atom. The van der Waals surface area contributed by atoms with Gasteiger partial charge in [0.1, 0.15) is 11.6 Å². The van der Waals surface area contributed by atoms with Gasteiger partial charge in [-0.3, -0.25) is 4.79 Å². The number of carbonyl (C=O) groups is 1.